The van der Waals surface area contributed by atoms with Gasteiger partial charge >= 0.3 is 12.1 Å². The summed E-state index contributed by atoms with van der Waals surface area (Å²) in [6.07, 6.45) is 0.414. The number of amides is 1. The van der Waals surface area contributed by atoms with Gasteiger partial charge in [-0.25, -0.2) is 9.59 Å². The van der Waals surface area contributed by atoms with Crippen LogP contribution in [0.25, 0.3) is 0 Å². The second-order valence-electron chi connectivity index (χ2n) is 5.83. The fraction of sp³-hybridized carbons (Fsp3) is 0.263. The van der Waals surface area contributed by atoms with Crippen molar-refractivity contribution in [2.45, 2.75) is 25.0 Å². The second-order valence-corrected chi connectivity index (χ2v) is 5.83. The van der Waals surface area contributed by atoms with Crippen molar-refractivity contribution in [3.8, 4) is 0 Å². The van der Waals surface area contributed by atoms with Gasteiger partial charge in [-0.05, 0) is 24.0 Å². The number of carbonyl (C=O) groups is 2. The molecule has 0 saturated carbocycles. The standard InChI is InChI=1S/C19H19NO4/c21-17(22)19(16-10-5-2-6-11-16)12-7-13-20(19)18(23)24-14-15-8-3-1-4-9-15/h1-6,8-11H,7,12-14H2,(H,21,22). The van der Waals surface area contributed by atoms with Crippen LogP contribution in [0.15, 0.2) is 60.7 Å². The topological polar surface area (TPSA) is 66.8 Å². The smallest absolute Gasteiger partial charge is 0.411 e. The van der Waals surface area contributed by atoms with Crippen LogP contribution in [-0.2, 0) is 21.7 Å². The molecule has 0 aromatic heterocycles. The molecular weight excluding hydrogens is 306 g/mol. The quantitative estimate of drug-likeness (QED) is 0.935. The molecule has 1 N–H and O–H groups in total. The maximum Gasteiger partial charge on any atom is 0.411 e. The molecule has 5 heteroatoms. The Hall–Kier alpha value is -2.82. The number of rotatable bonds is 4. The molecule has 1 amide bonds. The average molecular weight is 325 g/mol. The number of hydrogen-bond acceptors (Lipinski definition) is 3. The van der Waals surface area contributed by atoms with Gasteiger partial charge in [0.05, 0.1) is 0 Å². The Morgan fingerprint density at radius 2 is 1.67 bits per heavy atom. The van der Waals surface area contributed by atoms with Gasteiger partial charge in [0.15, 0.2) is 5.54 Å². The molecule has 24 heavy (non-hydrogen) atoms. The lowest BCUT2D eigenvalue weighted by Gasteiger charge is -2.34. The van der Waals surface area contributed by atoms with Crippen LogP contribution >= 0.6 is 0 Å². The molecule has 2 aromatic carbocycles. The van der Waals surface area contributed by atoms with Crippen molar-refractivity contribution < 1.29 is 19.4 Å². The molecule has 0 bridgehead atoms. The Morgan fingerprint density at radius 1 is 1.04 bits per heavy atom. The molecule has 2 aromatic rings. The Morgan fingerprint density at radius 3 is 2.29 bits per heavy atom. The van der Waals surface area contributed by atoms with Gasteiger partial charge in [0.25, 0.3) is 0 Å². The summed E-state index contributed by atoms with van der Waals surface area (Å²) in [5, 5.41) is 9.87. The molecule has 3 rings (SSSR count). The highest BCUT2D eigenvalue weighted by Crippen LogP contribution is 2.39. The van der Waals surface area contributed by atoms with Crippen LogP contribution in [0.3, 0.4) is 0 Å². The third kappa shape index (κ3) is 2.85. The number of carboxylic acids is 1. The van der Waals surface area contributed by atoms with E-state index in [2.05, 4.69) is 0 Å². The Labute approximate surface area is 140 Å². The van der Waals surface area contributed by atoms with Crippen LogP contribution in [0.2, 0.25) is 0 Å². The van der Waals surface area contributed by atoms with Crippen molar-refractivity contribution in [1.82, 2.24) is 4.90 Å². The predicted octanol–water partition coefficient (Wildman–Crippen LogP) is 3.40. The molecule has 0 spiro atoms. The molecule has 1 atom stereocenters. The summed E-state index contributed by atoms with van der Waals surface area (Å²) in [5.41, 5.74) is 0.118. The molecule has 1 aliphatic rings. The molecule has 1 aliphatic heterocycles. The lowest BCUT2D eigenvalue weighted by atomic mass is 9.87. The van der Waals surface area contributed by atoms with E-state index in [9.17, 15) is 14.7 Å². The molecule has 0 radical (unpaired) electrons. The van der Waals surface area contributed by atoms with Gasteiger partial charge in [0.1, 0.15) is 6.61 Å². The van der Waals surface area contributed by atoms with E-state index >= 15 is 0 Å². The summed E-state index contributed by atoms with van der Waals surface area (Å²) in [5.74, 6) is -1.03. The van der Waals surface area contributed by atoms with E-state index in [0.29, 0.717) is 24.9 Å². The van der Waals surface area contributed by atoms with Crippen LogP contribution in [0, 0.1) is 0 Å². The molecule has 1 saturated heterocycles. The van der Waals surface area contributed by atoms with Crippen LogP contribution < -0.4 is 0 Å². The van der Waals surface area contributed by atoms with Crippen molar-refractivity contribution in [1.29, 1.82) is 0 Å². The van der Waals surface area contributed by atoms with Crippen LogP contribution in [-0.4, -0.2) is 28.6 Å². The number of nitrogens with zero attached hydrogens (tertiary/aromatic N) is 1. The monoisotopic (exact) mass is 325 g/mol. The molecular formula is C19H19NO4. The second kappa shape index (κ2) is 6.74. The summed E-state index contributed by atoms with van der Waals surface area (Å²) in [6, 6.07) is 18.2. The van der Waals surface area contributed by atoms with Crippen molar-refractivity contribution in [3.05, 3.63) is 71.8 Å². The highest BCUT2D eigenvalue weighted by atomic mass is 16.6. The number of carbonyl (C=O) groups excluding carboxylic acids is 1. The largest absolute Gasteiger partial charge is 0.479 e. The Balaban J connectivity index is 1.82. The average Bonchev–Trinajstić information content (AvgIpc) is 3.07. The minimum atomic E-state index is -1.35. The maximum absolute atomic E-state index is 12.6. The number of likely N-dealkylation sites (tertiary alicyclic amines) is 1. The zero-order valence-corrected chi connectivity index (χ0v) is 13.2. The van der Waals surface area contributed by atoms with E-state index in [1.807, 2.05) is 36.4 Å². The first-order valence-electron chi connectivity index (χ1n) is 7.92. The first-order chi connectivity index (χ1) is 11.6. The molecule has 1 heterocycles. The Kier molecular flexibility index (Phi) is 4.51. The summed E-state index contributed by atoms with van der Waals surface area (Å²) >= 11 is 0. The van der Waals surface area contributed by atoms with Gasteiger partial charge in [-0.1, -0.05) is 60.7 Å². The van der Waals surface area contributed by atoms with Crippen molar-refractivity contribution in [2.75, 3.05) is 6.54 Å². The lowest BCUT2D eigenvalue weighted by molar-refractivity contribution is -0.149. The minimum Gasteiger partial charge on any atom is -0.479 e. The highest BCUT2D eigenvalue weighted by molar-refractivity contribution is 5.86. The first-order valence-corrected chi connectivity index (χ1v) is 7.92. The maximum atomic E-state index is 12.6. The zero-order chi connectivity index (χ0) is 17.0. The molecule has 1 fully saturated rings. The molecule has 1 unspecified atom stereocenters. The van der Waals surface area contributed by atoms with Gasteiger partial charge in [-0.15, -0.1) is 0 Å². The van der Waals surface area contributed by atoms with Gasteiger partial charge in [0, 0.05) is 6.54 Å². The number of benzene rings is 2. The van der Waals surface area contributed by atoms with Crippen LogP contribution in [0.1, 0.15) is 24.0 Å². The third-order valence-corrected chi connectivity index (χ3v) is 4.41. The summed E-state index contributed by atoms with van der Waals surface area (Å²) in [6.45, 7) is 0.496. The van der Waals surface area contributed by atoms with Crippen molar-refractivity contribution >= 4 is 12.1 Å². The summed E-state index contributed by atoms with van der Waals surface area (Å²) < 4.78 is 5.36. The number of ether oxygens (including phenoxy) is 1. The van der Waals surface area contributed by atoms with Gasteiger partial charge < -0.3 is 9.84 Å². The van der Waals surface area contributed by atoms with E-state index in [1.165, 1.54) is 4.90 Å². The fourth-order valence-corrected chi connectivity index (χ4v) is 3.22. The summed E-state index contributed by atoms with van der Waals surface area (Å²) in [7, 11) is 0. The highest BCUT2D eigenvalue weighted by Gasteiger charge is 2.52. The van der Waals surface area contributed by atoms with Crippen molar-refractivity contribution in [2.24, 2.45) is 0 Å². The van der Waals surface area contributed by atoms with Gasteiger partial charge in [-0.3, -0.25) is 4.90 Å². The van der Waals surface area contributed by atoms with Crippen LogP contribution in [0.4, 0.5) is 4.79 Å². The lowest BCUT2D eigenvalue weighted by Crippen LogP contribution is -2.50. The summed E-state index contributed by atoms with van der Waals surface area (Å²) in [4.78, 5) is 26.0. The van der Waals surface area contributed by atoms with Crippen LogP contribution in [0.5, 0.6) is 0 Å². The van der Waals surface area contributed by atoms with E-state index < -0.39 is 17.6 Å². The SMILES string of the molecule is O=C(OCc1ccccc1)N1CCCC1(C(=O)O)c1ccccc1. The molecule has 5 nitrogen and oxygen atoms in total. The fourth-order valence-electron chi connectivity index (χ4n) is 3.22. The number of hydrogen-bond donors (Lipinski definition) is 1. The molecule has 0 aliphatic carbocycles. The van der Waals surface area contributed by atoms with E-state index in [1.54, 1.807) is 24.3 Å². The number of carboxylic acid groups (broad SMARTS) is 1. The van der Waals surface area contributed by atoms with E-state index in [4.69, 9.17) is 4.74 Å². The van der Waals surface area contributed by atoms with Crippen molar-refractivity contribution in [3.63, 3.8) is 0 Å². The normalized spacial score (nSPS) is 19.9. The predicted molar refractivity (Wildman–Crippen MR) is 88.3 cm³/mol. The zero-order valence-electron chi connectivity index (χ0n) is 13.2. The molecule has 124 valence electrons. The van der Waals surface area contributed by atoms with Gasteiger partial charge in [-0.2, -0.15) is 0 Å². The third-order valence-electron chi connectivity index (χ3n) is 4.41. The minimum absolute atomic E-state index is 0.126. The van der Waals surface area contributed by atoms with E-state index in [0.717, 1.165) is 5.56 Å². The van der Waals surface area contributed by atoms with E-state index in [-0.39, 0.29) is 6.61 Å². The Bertz CT molecular complexity index is 717. The first kappa shape index (κ1) is 16.1. The van der Waals surface area contributed by atoms with Gasteiger partial charge in [0.2, 0.25) is 0 Å². The number of aliphatic carboxylic acids is 1.